The summed E-state index contributed by atoms with van der Waals surface area (Å²) in [7, 11) is 0. The maximum Gasteiger partial charge on any atom is 0.185 e. The van der Waals surface area contributed by atoms with Crippen LogP contribution in [0.1, 0.15) is 20.8 Å². The molecule has 4 heteroatoms. The molecule has 0 fully saturated rings. The Bertz CT molecular complexity index is 142. The zero-order valence-corrected chi connectivity index (χ0v) is 9.60. The van der Waals surface area contributed by atoms with Crippen LogP contribution in [-0.2, 0) is 4.79 Å². The normalized spacial score (nSPS) is 11.7. The molecule has 0 aromatic heterocycles. The zero-order valence-electron chi connectivity index (χ0n) is 7.89. The second-order valence-electron chi connectivity index (χ2n) is 3.33. The van der Waals surface area contributed by atoms with Crippen LogP contribution in [0.25, 0.3) is 0 Å². The lowest BCUT2D eigenvalue weighted by atomic mass is 10.2. The molecule has 1 N–H and O–H groups in total. The molecule has 0 spiro atoms. The van der Waals surface area contributed by atoms with Gasteiger partial charge in [-0.25, -0.2) is 0 Å². The van der Waals surface area contributed by atoms with E-state index in [1.54, 1.807) is 6.92 Å². The minimum Gasteiger partial charge on any atom is -0.315 e. The molecule has 0 atom stereocenters. The lowest BCUT2D eigenvalue weighted by Gasteiger charge is -2.17. The Morgan fingerprint density at radius 1 is 1.58 bits per heavy atom. The minimum atomic E-state index is 0.0287. The second-order valence-corrected chi connectivity index (χ2v) is 5.81. The van der Waals surface area contributed by atoms with Gasteiger partial charge in [-0.2, -0.15) is 12.6 Å². The van der Waals surface area contributed by atoms with Crippen molar-refractivity contribution in [3.63, 3.8) is 0 Å². The van der Waals surface area contributed by atoms with Crippen molar-refractivity contribution in [3.05, 3.63) is 0 Å². The average Bonchev–Trinajstić information content (AvgIpc) is 1.83. The highest BCUT2D eigenvalue weighted by molar-refractivity contribution is 8.13. The van der Waals surface area contributed by atoms with Crippen LogP contribution in [0.15, 0.2) is 0 Å². The molecule has 0 heterocycles. The number of thioether (sulfide) groups is 1. The molecule has 0 aromatic carbocycles. The Kier molecular flexibility index (Phi) is 6.05. The van der Waals surface area contributed by atoms with Crippen LogP contribution >= 0.6 is 24.4 Å². The molecule has 0 unspecified atom stereocenters. The number of hydrogen-bond acceptors (Lipinski definition) is 4. The summed E-state index contributed by atoms with van der Waals surface area (Å²) in [5.74, 6) is 0.846. The van der Waals surface area contributed by atoms with Crippen LogP contribution in [-0.4, -0.2) is 28.7 Å². The van der Waals surface area contributed by atoms with E-state index in [0.29, 0.717) is 0 Å². The van der Waals surface area contributed by atoms with Crippen LogP contribution in [0, 0.1) is 0 Å². The number of rotatable bonds is 5. The number of carbonyl (C=O) groups excluding carboxylic acids is 1. The van der Waals surface area contributed by atoms with E-state index in [1.165, 1.54) is 11.8 Å². The lowest BCUT2D eigenvalue weighted by molar-refractivity contribution is -0.109. The molecule has 0 amide bonds. The standard InChI is InChI=1S/C8H17NOS2/c1-7(10)12-5-4-9-6-8(2,3)11/h9,11H,4-6H2,1-3H3. The van der Waals surface area contributed by atoms with Gasteiger partial charge in [-0.05, 0) is 13.8 Å². The van der Waals surface area contributed by atoms with Gasteiger partial charge >= 0.3 is 0 Å². The minimum absolute atomic E-state index is 0.0287. The summed E-state index contributed by atoms with van der Waals surface area (Å²) in [6.45, 7) is 7.44. The third-order valence-electron chi connectivity index (χ3n) is 1.14. The maximum atomic E-state index is 10.5. The topological polar surface area (TPSA) is 29.1 Å². The van der Waals surface area contributed by atoms with Gasteiger partial charge < -0.3 is 5.32 Å². The molecule has 2 nitrogen and oxygen atoms in total. The fourth-order valence-electron chi connectivity index (χ4n) is 0.661. The van der Waals surface area contributed by atoms with Gasteiger partial charge in [-0.15, -0.1) is 0 Å². The summed E-state index contributed by atoms with van der Waals surface area (Å²) in [6, 6.07) is 0. The molecule has 0 radical (unpaired) electrons. The monoisotopic (exact) mass is 207 g/mol. The smallest absolute Gasteiger partial charge is 0.185 e. The van der Waals surface area contributed by atoms with E-state index in [0.717, 1.165) is 18.8 Å². The van der Waals surface area contributed by atoms with Crippen LogP contribution in [0.3, 0.4) is 0 Å². The van der Waals surface area contributed by atoms with Gasteiger partial charge in [-0.1, -0.05) is 11.8 Å². The number of nitrogens with one attached hydrogen (secondary N) is 1. The molecular formula is C8H17NOS2. The summed E-state index contributed by atoms with van der Waals surface area (Å²) < 4.78 is 0.0287. The third kappa shape index (κ3) is 10.3. The van der Waals surface area contributed by atoms with Crippen molar-refractivity contribution in [1.29, 1.82) is 0 Å². The largest absolute Gasteiger partial charge is 0.315 e. The first-order valence-electron chi connectivity index (χ1n) is 3.98. The first-order valence-corrected chi connectivity index (χ1v) is 5.41. The number of hydrogen-bond donors (Lipinski definition) is 2. The number of carbonyl (C=O) groups is 1. The van der Waals surface area contributed by atoms with Crippen LogP contribution < -0.4 is 5.32 Å². The van der Waals surface area contributed by atoms with Crippen LogP contribution in [0.5, 0.6) is 0 Å². The Morgan fingerprint density at radius 2 is 2.17 bits per heavy atom. The first kappa shape index (κ1) is 12.3. The van der Waals surface area contributed by atoms with Gasteiger partial charge in [0, 0.05) is 30.5 Å². The Balaban J connectivity index is 3.17. The molecular weight excluding hydrogens is 190 g/mol. The van der Waals surface area contributed by atoms with Gasteiger partial charge in [0.05, 0.1) is 0 Å². The van der Waals surface area contributed by atoms with Crippen molar-refractivity contribution in [2.45, 2.75) is 25.5 Å². The van der Waals surface area contributed by atoms with Gasteiger partial charge in [0.1, 0.15) is 0 Å². The summed E-state index contributed by atoms with van der Waals surface area (Å²) in [4.78, 5) is 10.5. The van der Waals surface area contributed by atoms with Crippen molar-refractivity contribution < 1.29 is 4.79 Å². The summed E-state index contributed by atoms with van der Waals surface area (Å²) >= 11 is 5.72. The van der Waals surface area contributed by atoms with E-state index in [1.807, 2.05) is 0 Å². The van der Waals surface area contributed by atoms with Crippen LogP contribution in [0.4, 0.5) is 0 Å². The van der Waals surface area contributed by atoms with Crippen molar-refractivity contribution in [2.24, 2.45) is 0 Å². The lowest BCUT2D eigenvalue weighted by Crippen LogP contribution is -2.31. The van der Waals surface area contributed by atoms with Gasteiger partial charge in [0.15, 0.2) is 5.12 Å². The highest BCUT2D eigenvalue weighted by Gasteiger charge is 2.09. The van der Waals surface area contributed by atoms with Crippen molar-refractivity contribution in [2.75, 3.05) is 18.8 Å². The van der Waals surface area contributed by atoms with E-state index in [-0.39, 0.29) is 9.86 Å². The van der Waals surface area contributed by atoms with E-state index in [9.17, 15) is 4.79 Å². The molecule has 72 valence electrons. The van der Waals surface area contributed by atoms with Crippen molar-refractivity contribution in [1.82, 2.24) is 5.32 Å². The van der Waals surface area contributed by atoms with E-state index < -0.39 is 0 Å². The maximum absolute atomic E-state index is 10.5. The van der Waals surface area contributed by atoms with Gasteiger partial charge in [-0.3, -0.25) is 4.79 Å². The highest BCUT2D eigenvalue weighted by atomic mass is 32.2. The highest BCUT2D eigenvalue weighted by Crippen LogP contribution is 2.09. The third-order valence-corrected chi connectivity index (χ3v) is 2.11. The quantitative estimate of drug-likeness (QED) is 0.529. The fourth-order valence-corrected chi connectivity index (χ4v) is 1.31. The first-order chi connectivity index (χ1) is 5.42. The molecule has 0 rings (SSSR count). The Hall–Kier alpha value is 0.330. The summed E-state index contributed by atoms with van der Waals surface area (Å²) in [5, 5.41) is 3.41. The van der Waals surface area contributed by atoms with Gasteiger partial charge in [0.25, 0.3) is 0 Å². The van der Waals surface area contributed by atoms with Crippen molar-refractivity contribution in [3.8, 4) is 0 Å². The zero-order chi connectivity index (χ0) is 9.61. The Morgan fingerprint density at radius 3 is 2.58 bits per heavy atom. The average molecular weight is 207 g/mol. The molecule has 0 saturated heterocycles. The molecule has 0 saturated carbocycles. The van der Waals surface area contributed by atoms with E-state index in [2.05, 4.69) is 31.8 Å². The summed E-state index contributed by atoms with van der Waals surface area (Å²) in [5.41, 5.74) is 0. The van der Waals surface area contributed by atoms with E-state index >= 15 is 0 Å². The predicted molar refractivity (Wildman–Crippen MR) is 59.1 cm³/mol. The Labute approximate surface area is 84.3 Å². The van der Waals surface area contributed by atoms with Crippen LogP contribution in [0.2, 0.25) is 0 Å². The molecule has 0 bridgehead atoms. The predicted octanol–water partition coefficient (Wildman–Crippen LogP) is 1.56. The fraction of sp³-hybridized carbons (Fsp3) is 0.875. The molecule has 12 heavy (non-hydrogen) atoms. The SMILES string of the molecule is CC(=O)SCCNCC(C)(C)S. The molecule has 0 aliphatic rings. The number of thiol groups is 1. The van der Waals surface area contributed by atoms with Gasteiger partial charge in [0.2, 0.25) is 0 Å². The molecule has 0 aliphatic heterocycles. The second kappa shape index (κ2) is 5.89. The molecule has 0 aliphatic carbocycles. The summed E-state index contributed by atoms with van der Waals surface area (Å²) in [6.07, 6.45) is 0. The molecule has 0 aromatic rings. The van der Waals surface area contributed by atoms with Crippen molar-refractivity contribution >= 4 is 29.5 Å². The van der Waals surface area contributed by atoms with E-state index in [4.69, 9.17) is 0 Å².